The Morgan fingerprint density at radius 3 is 2.42 bits per heavy atom. The number of anilines is 3. The number of nitrogens with zero attached hydrogens (tertiary/aromatic N) is 3. The first-order chi connectivity index (χ1) is 12.7. The van der Waals surface area contributed by atoms with Crippen LogP contribution in [0.4, 0.5) is 22.1 Å². The molecule has 0 atom stereocenters. The first kappa shape index (κ1) is 17.8. The molecule has 0 bridgehead atoms. The normalized spacial score (nSPS) is 13.8. The second kappa shape index (κ2) is 8.37. The molecule has 1 aromatic heterocycles. The molecule has 2 N–H and O–H groups in total. The fourth-order valence-electron chi connectivity index (χ4n) is 2.91. The topological polar surface area (TPSA) is 88.6 Å². The minimum atomic E-state index is -0.411. The van der Waals surface area contributed by atoms with E-state index >= 15 is 0 Å². The van der Waals surface area contributed by atoms with Gasteiger partial charge in [0.05, 0.1) is 38.0 Å². The van der Waals surface area contributed by atoms with E-state index in [0.29, 0.717) is 28.8 Å². The van der Waals surface area contributed by atoms with Crippen LogP contribution in [0.15, 0.2) is 30.6 Å². The minimum Gasteiger partial charge on any atom is -0.493 e. The smallest absolute Gasteiger partial charge is 0.323 e. The number of piperidine rings is 1. The Bertz CT molecular complexity index is 745. The maximum absolute atomic E-state index is 12.3. The van der Waals surface area contributed by atoms with Gasteiger partial charge in [-0.05, 0) is 31.4 Å². The van der Waals surface area contributed by atoms with Crippen LogP contribution in [-0.4, -0.2) is 43.3 Å². The second-order valence-electron chi connectivity index (χ2n) is 5.94. The highest BCUT2D eigenvalue weighted by atomic mass is 16.5. The van der Waals surface area contributed by atoms with Crippen LogP contribution in [0.2, 0.25) is 0 Å². The maximum atomic E-state index is 12.3. The fourth-order valence-corrected chi connectivity index (χ4v) is 2.91. The van der Waals surface area contributed by atoms with Gasteiger partial charge in [0, 0.05) is 13.1 Å². The Morgan fingerprint density at radius 2 is 1.77 bits per heavy atom. The molecule has 2 aromatic rings. The number of urea groups is 1. The van der Waals surface area contributed by atoms with E-state index in [9.17, 15) is 4.79 Å². The molecule has 0 saturated carbocycles. The molecule has 1 aliphatic rings. The number of nitrogens with one attached hydrogen (secondary N) is 2. The number of carbonyl (C=O) groups is 1. The van der Waals surface area contributed by atoms with Crippen LogP contribution in [0.1, 0.15) is 19.3 Å². The van der Waals surface area contributed by atoms with Crippen molar-refractivity contribution < 1.29 is 14.3 Å². The van der Waals surface area contributed by atoms with Crippen molar-refractivity contribution in [1.29, 1.82) is 0 Å². The van der Waals surface area contributed by atoms with Crippen LogP contribution in [0.25, 0.3) is 0 Å². The molecule has 0 radical (unpaired) electrons. The number of carbonyl (C=O) groups excluding carboxylic acids is 1. The summed E-state index contributed by atoms with van der Waals surface area (Å²) < 4.78 is 10.5. The van der Waals surface area contributed by atoms with Gasteiger partial charge in [-0.3, -0.25) is 0 Å². The standard InChI is InChI=1S/C18H23N5O3/c1-25-15-8-6-7-14(16(15)26-2)22-18(24)21-13-11-19-17(20-12-13)23-9-4-3-5-10-23/h6-8,11-12H,3-5,9-10H2,1-2H3,(H2,21,22,24). The summed E-state index contributed by atoms with van der Waals surface area (Å²) in [6.07, 6.45) is 6.80. The zero-order valence-electron chi connectivity index (χ0n) is 15.0. The predicted octanol–water partition coefficient (Wildman–Crippen LogP) is 3.13. The maximum Gasteiger partial charge on any atom is 0.323 e. The van der Waals surface area contributed by atoms with Crippen LogP contribution >= 0.6 is 0 Å². The van der Waals surface area contributed by atoms with Gasteiger partial charge >= 0.3 is 6.03 Å². The monoisotopic (exact) mass is 357 g/mol. The van der Waals surface area contributed by atoms with Gasteiger partial charge in [-0.15, -0.1) is 0 Å². The van der Waals surface area contributed by atoms with Gasteiger partial charge in [-0.25, -0.2) is 14.8 Å². The van der Waals surface area contributed by atoms with E-state index < -0.39 is 6.03 Å². The zero-order chi connectivity index (χ0) is 18.4. The van der Waals surface area contributed by atoms with Gasteiger partial charge < -0.3 is 25.0 Å². The van der Waals surface area contributed by atoms with E-state index in [1.165, 1.54) is 13.5 Å². The first-order valence-electron chi connectivity index (χ1n) is 8.57. The number of benzene rings is 1. The Labute approximate surface area is 152 Å². The summed E-state index contributed by atoms with van der Waals surface area (Å²) in [6.45, 7) is 1.95. The van der Waals surface area contributed by atoms with Crippen molar-refractivity contribution in [3.05, 3.63) is 30.6 Å². The summed E-state index contributed by atoms with van der Waals surface area (Å²) in [5, 5.41) is 5.46. The Hall–Kier alpha value is -3.03. The third-order valence-electron chi connectivity index (χ3n) is 4.19. The van der Waals surface area contributed by atoms with Gasteiger partial charge in [-0.1, -0.05) is 6.07 Å². The number of aromatic nitrogens is 2. The molecule has 8 heteroatoms. The molecule has 26 heavy (non-hydrogen) atoms. The van der Waals surface area contributed by atoms with E-state index in [1.807, 2.05) is 0 Å². The highest BCUT2D eigenvalue weighted by Gasteiger charge is 2.14. The SMILES string of the molecule is COc1cccc(NC(=O)Nc2cnc(N3CCCCC3)nc2)c1OC. The lowest BCUT2D eigenvalue weighted by molar-refractivity contribution is 0.262. The molecule has 1 fully saturated rings. The summed E-state index contributed by atoms with van der Waals surface area (Å²) in [5.74, 6) is 1.70. The molecule has 1 saturated heterocycles. The van der Waals surface area contributed by atoms with Crippen molar-refractivity contribution >= 4 is 23.4 Å². The largest absolute Gasteiger partial charge is 0.493 e. The Morgan fingerprint density at radius 1 is 1.04 bits per heavy atom. The van der Waals surface area contributed by atoms with Crippen molar-refractivity contribution in [3.63, 3.8) is 0 Å². The molecule has 1 aliphatic heterocycles. The highest BCUT2D eigenvalue weighted by molar-refractivity contribution is 6.00. The van der Waals surface area contributed by atoms with Gasteiger partial charge in [0.1, 0.15) is 0 Å². The summed E-state index contributed by atoms with van der Waals surface area (Å²) in [5.41, 5.74) is 1.03. The van der Waals surface area contributed by atoms with Gasteiger partial charge in [0.15, 0.2) is 11.5 Å². The summed E-state index contributed by atoms with van der Waals surface area (Å²) >= 11 is 0. The van der Waals surface area contributed by atoms with E-state index in [0.717, 1.165) is 25.9 Å². The second-order valence-corrected chi connectivity index (χ2v) is 5.94. The molecule has 0 spiro atoms. The Kier molecular flexibility index (Phi) is 5.73. The van der Waals surface area contributed by atoms with E-state index in [-0.39, 0.29) is 0 Å². The number of amides is 2. The molecule has 0 aliphatic carbocycles. The van der Waals surface area contributed by atoms with Crippen LogP contribution in [0.5, 0.6) is 11.5 Å². The third-order valence-corrected chi connectivity index (χ3v) is 4.19. The van der Waals surface area contributed by atoms with Crippen LogP contribution in [0.3, 0.4) is 0 Å². The van der Waals surface area contributed by atoms with Gasteiger partial charge in [-0.2, -0.15) is 0 Å². The Balaban J connectivity index is 1.63. The molecule has 0 unspecified atom stereocenters. The highest BCUT2D eigenvalue weighted by Crippen LogP contribution is 2.34. The summed E-state index contributed by atoms with van der Waals surface area (Å²) in [6, 6.07) is 4.85. The van der Waals surface area contributed by atoms with Crippen molar-refractivity contribution in [3.8, 4) is 11.5 Å². The van der Waals surface area contributed by atoms with Crippen LogP contribution < -0.4 is 25.0 Å². The average Bonchev–Trinajstić information content (AvgIpc) is 2.69. The zero-order valence-corrected chi connectivity index (χ0v) is 15.0. The third kappa shape index (κ3) is 4.14. The summed E-state index contributed by atoms with van der Waals surface area (Å²) in [4.78, 5) is 23.1. The van der Waals surface area contributed by atoms with Crippen molar-refractivity contribution in [1.82, 2.24) is 9.97 Å². The number of methoxy groups -OCH3 is 2. The number of para-hydroxylation sites is 1. The van der Waals surface area contributed by atoms with E-state index in [4.69, 9.17) is 9.47 Å². The van der Waals surface area contributed by atoms with Crippen LogP contribution in [-0.2, 0) is 0 Å². The van der Waals surface area contributed by atoms with Crippen molar-refractivity contribution in [2.75, 3.05) is 42.8 Å². The number of ether oxygens (including phenoxy) is 2. The molecular weight excluding hydrogens is 334 g/mol. The first-order valence-corrected chi connectivity index (χ1v) is 8.57. The lowest BCUT2D eigenvalue weighted by Crippen LogP contribution is -2.31. The van der Waals surface area contributed by atoms with Crippen molar-refractivity contribution in [2.24, 2.45) is 0 Å². The van der Waals surface area contributed by atoms with Crippen molar-refractivity contribution in [2.45, 2.75) is 19.3 Å². The number of rotatable bonds is 5. The molecule has 3 rings (SSSR count). The quantitative estimate of drug-likeness (QED) is 0.855. The minimum absolute atomic E-state index is 0.411. The molecule has 2 amide bonds. The lowest BCUT2D eigenvalue weighted by Gasteiger charge is -2.26. The number of hydrogen-bond donors (Lipinski definition) is 2. The molecule has 8 nitrogen and oxygen atoms in total. The van der Waals surface area contributed by atoms with Gasteiger partial charge in [0.25, 0.3) is 0 Å². The van der Waals surface area contributed by atoms with E-state index in [2.05, 4.69) is 25.5 Å². The average molecular weight is 357 g/mol. The molecule has 1 aromatic carbocycles. The molecule has 2 heterocycles. The number of hydrogen-bond acceptors (Lipinski definition) is 6. The molecular formula is C18H23N5O3. The van der Waals surface area contributed by atoms with Crippen LogP contribution in [0, 0.1) is 0 Å². The van der Waals surface area contributed by atoms with E-state index in [1.54, 1.807) is 37.7 Å². The summed E-state index contributed by atoms with van der Waals surface area (Å²) in [7, 11) is 3.07. The van der Waals surface area contributed by atoms with Gasteiger partial charge in [0.2, 0.25) is 5.95 Å². The molecule has 138 valence electrons. The fraction of sp³-hybridized carbons (Fsp3) is 0.389. The lowest BCUT2D eigenvalue weighted by atomic mass is 10.1. The predicted molar refractivity (Wildman–Crippen MR) is 100 cm³/mol.